The van der Waals surface area contributed by atoms with Crippen LogP contribution in [0.25, 0.3) is 0 Å². The number of carbonyl (C=O) groups is 2. The Kier molecular flexibility index (Phi) is 3.32. The Hall–Kier alpha value is -1.18. The van der Waals surface area contributed by atoms with E-state index in [9.17, 15) is 14.7 Å². The van der Waals surface area contributed by atoms with Gasteiger partial charge in [0.2, 0.25) is 5.91 Å². The molecule has 2 aliphatic heterocycles. The fraction of sp³-hybridized carbons (Fsp3) is 0.800. The van der Waals surface area contributed by atoms with Crippen LogP contribution in [0.1, 0.15) is 13.3 Å². The third-order valence-corrected chi connectivity index (χ3v) is 3.14. The fourth-order valence-corrected chi connectivity index (χ4v) is 2.08. The summed E-state index contributed by atoms with van der Waals surface area (Å²) in [6.07, 6.45) is -1.79. The lowest BCUT2D eigenvalue weighted by molar-refractivity contribution is -0.128. The molecule has 2 aliphatic rings. The number of hydrogen-bond acceptors (Lipinski definition) is 5. The van der Waals surface area contributed by atoms with E-state index in [1.807, 2.05) is 0 Å². The summed E-state index contributed by atoms with van der Waals surface area (Å²) in [5.41, 5.74) is 0. The first kappa shape index (κ1) is 12.3. The van der Waals surface area contributed by atoms with E-state index in [1.54, 1.807) is 6.92 Å². The maximum atomic E-state index is 11.6. The maximum Gasteiger partial charge on any atom is 0.326 e. The van der Waals surface area contributed by atoms with Crippen molar-refractivity contribution in [1.82, 2.24) is 10.2 Å². The molecule has 0 radical (unpaired) electrons. The molecule has 2 saturated heterocycles. The molecule has 96 valence electrons. The lowest BCUT2D eigenvalue weighted by Crippen LogP contribution is -2.57. The fourth-order valence-electron chi connectivity index (χ4n) is 2.08. The number of rotatable bonds is 2. The van der Waals surface area contributed by atoms with Gasteiger partial charge in [0, 0.05) is 13.0 Å². The van der Waals surface area contributed by atoms with Crippen molar-refractivity contribution in [2.45, 2.75) is 31.8 Å². The number of urea groups is 1. The van der Waals surface area contributed by atoms with Crippen molar-refractivity contribution < 1.29 is 24.5 Å². The predicted octanol–water partition coefficient (Wildman–Crippen LogP) is -1.36. The molecule has 0 aliphatic carbocycles. The van der Waals surface area contributed by atoms with E-state index in [0.29, 0.717) is 0 Å². The molecule has 2 heterocycles. The number of imide groups is 1. The summed E-state index contributed by atoms with van der Waals surface area (Å²) in [5.74, 6) is -0.606. The molecule has 0 spiro atoms. The molecule has 0 aromatic heterocycles. The Morgan fingerprint density at radius 3 is 2.82 bits per heavy atom. The number of aliphatic hydroxyl groups is 2. The first-order chi connectivity index (χ1) is 8.02. The van der Waals surface area contributed by atoms with Crippen LogP contribution in [-0.2, 0) is 9.53 Å². The number of amides is 3. The van der Waals surface area contributed by atoms with Crippen LogP contribution in [0.4, 0.5) is 4.79 Å². The highest BCUT2D eigenvalue weighted by Gasteiger charge is 2.41. The van der Waals surface area contributed by atoms with Crippen molar-refractivity contribution in [3.63, 3.8) is 0 Å². The minimum absolute atomic E-state index is 0.250. The number of ether oxygens (including phenoxy) is 1. The summed E-state index contributed by atoms with van der Waals surface area (Å²) < 4.78 is 5.37. The Bertz CT molecular complexity index is 335. The van der Waals surface area contributed by atoms with Gasteiger partial charge in [-0.15, -0.1) is 0 Å². The van der Waals surface area contributed by atoms with Crippen molar-refractivity contribution in [2.75, 3.05) is 13.2 Å². The third-order valence-electron chi connectivity index (χ3n) is 3.14. The van der Waals surface area contributed by atoms with E-state index in [0.717, 1.165) is 0 Å². The van der Waals surface area contributed by atoms with E-state index in [4.69, 9.17) is 9.84 Å². The molecule has 3 amide bonds. The van der Waals surface area contributed by atoms with Gasteiger partial charge < -0.3 is 14.9 Å². The minimum Gasteiger partial charge on any atom is -0.394 e. The van der Waals surface area contributed by atoms with Gasteiger partial charge in [0.1, 0.15) is 12.3 Å². The van der Waals surface area contributed by atoms with Crippen molar-refractivity contribution in [3.8, 4) is 0 Å². The largest absolute Gasteiger partial charge is 0.394 e. The topological polar surface area (TPSA) is 99.1 Å². The van der Waals surface area contributed by atoms with Gasteiger partial charge in [0.25, 0.3) is 0 Å². The second kappa shape index (κ2) is 4.59. The van der Waals surface area contributed by atoms with Crippen LogP contribution in [0.15, 0.2) is 0 Å². The predicted molar refractivity (Wildman–Crippen MR) is 55.8 cm³/mol. The molecule has 0 aromatic rings. The minimum atomic E-state index is -0.786. The Morgan fingerprint density at radius 2 is 2.24 bits per heavy atom. The Labute approximate surface area is 98.3 Å². The highest BCUT2D eigenvalue weighted by molar-refractivity contribution is 5.97. The summed E-state index contributed by atoms with van der Waals surface area (Å²) in [5, 5.41) is 20.8. The number of hydrogen-bond donors (Lipinski definition) is 3. The highest BCUT2D eigenvalue weighted by Crippen LogP contribution is 2.25. The second-order valence-electron chi connectivity index (χ2n) is 4.46. The molecule has 2 rings (SSSR count). The van der Waals surface area contributed by atoms with E-state index in [2.05, 4.69) is 5.32 Å². The van der Waals surface area contributed by atoms with Gasteiger partial charge in [-0.1, -0.05) is 6.92 Å². The average molecular weight is 244 g/mol. The average Bonchev–Trinajstić information content (AvgIpc) is 2.65. The van der Waals surface area contributed by atoms with Gasteiger partial charge in [-0.3, -0.25) is 15.0 Å². The summed E-state index contributed by atoms with van der Waals surface area (Å²) in [7, 11) is 0. The quantitative estimate of drug-likeness (QED) is 0.557. The van der Waals surface area contributed by atoms with E-state index < -0.39 is 24.5 Å². The zero-order chi connectivity index (χ0) is 12.6. The van der Waals surface area contributed by atoms with Crippen molar-refractivity contribution in [2.24, 2.45) is 5.92 Å². The van der Waals surface area contributed by atoms with E-state index in [1.165, 1.54) is 4.90 Å². The molecule has 0 bridgehead atoms. The van der Waals surface area contributed by atoms with E-state index in [-0.39, 0.29) is 31.4 Å². The molecule has 7 heteroatoms. The normalized spacial score (nSPS) is 38.4. The zero-order valence-corrected chi connectivity index (χ0v) is 9.50. The molecule has 7 nitrogen and oxygen atoms in total. The summed E-state index contributed by atoms with van der Waals surface area (Å²) in [4.78, 5) is 24.2. The van der Waals surface area contributed by atoms with Crippen LogP contribution in [-0.4, -0.2) is 58.6 Å². The van der Waals surface area contributed by atoms with Gasteiger partial charge in [-0.25, -0.2) is 4.79 Å². The number of aliphatic hydroxyl groups excluding tert-OH is 2. The van der Waals surface area contributed by atoms with Gasteiger partial charge >= 0.3 is 6.03 Å². The first-order valence-corrected chi connectivity index (χ1v) is 5.58. The Balaban J connectivity index is 2.03. The van der Waals surface area contributed by atoms with Crippen LogP contribution < -0.4 is 5.32 Å². The molecule has 17 heavy (non-hydrogen) atoms. The number of carbonyl (C=O) groups excluding carboxylic acids is 2. The lowest BCUT2D eigenvalue weighted by Gasteiger charge is -2.34. The first-order valence-electron chi connectivity index (χ1n) is 5.58. The maximum absolute atomic E-state index is 11.6. The van der Waals surface area contributed by atoms with Gasteiger partial charge in [-0.2, -0.15) is 0 Å². The van der Waals surface area contributed by atoms with Crippen molar-refractivity contribution in [3.05, 3.63) is 0 Å². The molecule has 0 saturated carbocycles. The molecular formula is C10H16N2O5. The molecule has 2 unspecified atom stereocenters. The SMILES string of the molecule is CC1CN([C@H]2C[C@@H](O)C(CO)O2)C(=O)NC1=O. The molecule has 3 N–H and O–H groups in total. The van der Waals surface area contributed by atoms with Crippen molar-refractivity contribution in [1.29, 1.82) is 0 Å². The number of nitrogens with one attached hydrogen (secondary N) is 1. The third kappa shape index (κ3) is 2.26. The standard InChI is InChI=1S/C10H16N2O5/c1-5-3-12(10(16)11-9(5)15)8-2-6(14)7(4-13)17-8/h5-8,13-14H,2-4H2,1H3,(H,11,15,16)/t5?,6-,7?,8-/m1/s1. The Morgan fingerprint density at radius 1 is 1.53 bits per heavy atom. The van der Waals surface area contributed by atoms with Crippen LogP contribution in [0.2, 0.25) is 0 Å². The van der Waals surface area contributed by atoms with Gasteiger partial charge in [0.05, 0.1) is 18.6 Å². The van der Waals surface area contributed by atoms with Crippen LogP contribution in [0.5, 0.6) is 0 Å². The monoisotopic (exact) mass is 244 g/mol. The molecular weight excluding hydrogens is 228 g/mol. The van der Waals surface area contributed by atoms with Crippen molar-refractivity contribution >= 4 is 11.9 Å². The highest BCUT2D eigenvalue weighted by atomic mass is 16.5. The van der Waals surface area contributed by atoms with Crippen LogP contribution >= 0.6 is 0 Å². The lowest BCUT2D eigenvalue weighted by atomic mass is 10.1. The van der Waals surface area contributed by atoms with Gasteiger partial charge in [0.15, 0.2) is 0 Å². The van der Waals surface area contributed by atoms with E-state index >= 15 is 0 Å². The van der Waals surface area contributed by atoms with Gasteiger partial charge in [-0.05, 0) is 0 Å². The summed E-state index contributed by atoms with van der Waals surface area (Å²) >= 11 is 0. The molecule has 2 fully saturated rings. The smallest absolute Gasteiger partial charge is 0.326 e. The van der Waals surface area contributed by atoms with Crippen LogP contribution in [0, 0.1) is 5.92 Å². The summed E-state index contributed by atoms with van der Waals surface area (Å²) in [6, 6.07) is -0.510. The molecule has 0 aromatic carbocycles. The zero-order valence-electron chi connectivity index (χ0n) is 9.50. The second-order valence-corrected chi connectivity index (χ2v) is 4.46. The van der Waals surface area contributed by atoms with Crippen LogP contribution in [0.3, 0.4) is 0 Å². The molecule has 4 atom stereocenters. The summed E-state index contributed by atoms with van der Waals surface area (Å²) in [6.45, 7) is 1.69. The number of nitrogens with zero attached hydrogens (tertiary/aromatic N) is 1.